The second-order valence-electron chi connectivity index (χ2n) is 6.00. The first-order valence-electron chi connectivity index (χ1n) is 6.71. The minimum absolute atomic E-state index is 0.0401. The van der Waals surface area contributed by atoms with Gasteiger partial charge in [0.15, 0.2) is 0 Å². The molecule has 0 aromatic carbocycles. The maximum absolute atomic E-state index is 11.8. The molecule has 1 N–H and O–H groups in total. The number of aromatic nitrogens is 2. The maximum atomic E-state index is 11.8. The predicted molar refractivity (Wildman–Crippen MR) is 76.9 cm³/mol. The highest BCUT2D eigenvalue weighted by atomic mass is 79.9. The van der Waals surface area contributed by atoms with Crippen LogP contribution in [0.25, 0.3) is 0 Å². The van der Waals surface area contributed by atoms with Gasteiger partial charge in [-0.25, -0.2) is 4.98 Å². The van der Waals surface area contributed by atoms with Gasteiger partial charge in [-0.3, -0.25) is 4.79 Å². The van der Waals surface area contributed by atoms with Gasteiger partial charge < -0.3 is 4.98 Å². The summed E-state index contributed by atoms with van der Waals surface area (Å²) >= 11 is 3.31. The molecule has 0 atom stereocenters. The Hall–Kier alpha value is -0.640. The van der Waals surface area contributed by atoms with Crippen LogP contribution < -0.4 is 5.56 Å². The van der Waals surface area contributed by atoms with E-state index in [1.807, 2.05) is 6.92 Å². The highest BCUT2D eigenvalue weighted by Gasteiger charge is 2.29. The molecular formula is C14H21BrN2O. The van der Waals surface area contributed by atoms with Crippen molar-refractivity contribution in [3.63, 3.8) is 0 Å². The van der Waals surface area contributed by atoms with E-state index in [-0.39, 0.29) is 5.56 Å². The van der Waals surface area contributed by atoms with Crippen molar-refractivity contribution >= 4 is 15.9 Å². The summed E-state index contributed by atoms with van der Waals surface area (Å²) in [7, 11) is 0. The first-order valence-corrected chi connectivity index (χ1v) is 7.51. The first kappa shape index (κ1) is 13.8. The van der Waals surface area contributed by atoms with E-state index in [0.717, 1.165) is 30.8 Å². The molecule has 0 spiro atoms. The molecular weight excluding hydrogens is 292 g/mol. The van der Waals surface area contributed by atoms with Gasteiger partial charge in [0, 0.05) is 5.92 Å². The molecule has 0 bridgehead atoms. The lowest BCUT2D eigenvalue weighted by Crippen LogP contribution is -2.24. The van der Waals surface area contributed by atoms with Crippen molar-refractivity contribution in [2.75, 3.05) is 0 Å². The highest BCUT2D eigenvalue weighted by Crippen LogP contribution is 2.41. The average Bonchev–Trinajstić information content (AvgIpc) is 2.32. The topological polar surface area (TPSA) is 45.8 Å². The summed E-state index contributed by atoms with van der Waals surface area (Å²) in [5.74, 6) is 1.31. The molecule has 1 aliphatic carbocycles. The maximum Gasteiger partial charge on any atom is 0.265 e. The standard InChI is InChI=1S/C14H21BrN2O/c1-4-10-11(15)13(18)17-12(16-10)9-5-7-14(2,3)8-6-9/h9H,4-8H2,1-3H3,(H,16,17,18). The summed E-state index contributed by atoms with van der Waals surface area (Å²) in [5.41, 5.74) is 1.28. The van der Waals surface area contributed by atoms with Crippen molar-refractivity contribution in [2.45, 2.75) is 58.8 Å². The Kier molecular flexibility index (Phi) is 3.95. The number of rotatable bonds is 2. The molecule has 0 amide bonds. The van der Waals surface area contributed by atoms with Gasteiger partial charge in [0.1, 0.15) is 10.3 Å². The fourth-order valence-electron chi connectivity index (χ4n) is 2.62. The van der Waals surface area contributed by atoms with Gasteiger partial charge in [-0.05, 0) is 53.4 Å². The number of aromatic amines is 1. The van der Waals surface area contributed by atoms with Crippen LogP contribution in [0.3, 0.4) is 0 Å². The van der Waals surface area contributed by atoms with Crippen LogP contribution in [0.5, 0.6) is 0 Å². The van der Waals surface area contributed by atoms with Crippen LogP contribution in [0.4, 0.5) is 0 Å². The molecule has 0 radical (unpaired) electrons. The van der Waals surface area contributed by atoms with Crippen LogP contribution in [0, 0.1) is 5.41 Å². The van der Waals surface area contributed by atoms with Crippen LogP contribution in [0.1, 0.15) is 63.9 Å². The molecule has 4 heteroatoms. The number of nitrogens with one attached hydrogen (secondary N) is 1. The van der Waals surface area contributed by atoms with E-state index >= 15 is 0 Å². The molecule has 1 aromatic heterocycles. The Labute approximate surface area is 117 Å². The summed E-state index contributed by atoms with van der Waals surface area (Å²) in [4.78, 5) is 19.4. The molecule has 1 aliphatic rings. The third-order valence-electron chi connectivity index (χ3n) is 4.01. The highest BCUT2D eigenvalue weighted by molar-refractivity contribution is 9.10. The van der Waals surface area contributed by atoms with E-state index < -0.39 is 0 Å². The Morgan fingerprint density at radius 3 is 2.56 bits per heavy atom. The van der Waals surface area contributed by atoms with Crippen molar-refractivity contribution in [3.8, 4) is 0 Å². The third kappa shape index (κ3) is 2.85. The van der Waals surface area contributed by atoms with E-state index in [1.54, 1.807) is 0 Å². The molecule has 1 saturated carbocycles. The number of aryl methyl sites for hydroxylation is 1. The van der Waals surface area contributed by atoms with Gasteiger partial charge >= 0.3 is 0 Å². The molecule has 3 nitrogen and oxygen atoms in total. The van der Waals surface area contributed by atoms with Gasteiger partial charge in [-0.15, -0.1) is 0 Å². The Balaban J connectivity index is 2.25. The van der Waals surface area contributed by atoms with Crippen molar-refractivity contribution in [2.24, 2.45) is 5.41 Å². The summed E-state index contributed by atoms with van der Waals surface area (Å²) in [5, 5.41) is 0. The van der Waals surface area contributed by atoms with E-state index in [2.05, 4.69) is 39.7 Å². The lowest BCUT2D eigenvalue weighted by molar-refractivity contribution is 0.220. The molecule has 1 aromatic rings. The van der Waals surface area contributed by atoms with Gasteiger partial charge in [0.2, 0.25) is 0 Å². The zero-order valence-electron chi connectivity index (χ0n) is 11.3. The molecule has 0 saturated heterocycles. The smallest absolute Gasteiger partial charge is 0.265 e. The fourth-order valence-corrected chi connectivity index (χ4v) is 3.09. The summed E-state index contributed by atoms with van der Waals surface area (Å²) in [6.07, 6.45) is 5.45. The lowest BCUT2D eigenvalue weighted by atomic mass is 9.73. The van der Waals surface area contributed by atoms with Gasteiger partial charge in [0.05, 0.1) is 5.69 Å². The zero-order valence-corrected chi connectivity index (χ0v) is 12.9. The van der Waals surface area contributed by atoms with Gasteiger partial charge in [-0.2, -0.15) is 0 Å². The zero-order chi connectivity index (χ0) is 13.3. The van der Waals surface area contributed by atoms with E-state index in [4.69, 9.17) is 0 Å². The summed E-state index contributed by atoms with van der Waals surface area (Å²) in [6.45, 7) is 6.66. The average molecular weight is 313 g/mol. The Bertz CT molecular complexity index is 483. The molecule has 2 rings (SSSR count). The second-order valence-corrected chi connectivity index (χ2v) is 6.80. The quantitative estimate of drug-likeness (QED) is 0.903. The largest absolute Gasteiger partial charge is 0.309 e. The van der Waals surface area contributed by atoms with Crippen LogP contribution >= 0.6 is 15.9 Å². The van der Waals surface area contributed by atoms with Crippen LogP contribution in [0.2, 0.25) is 0 Å². The van der Waals surface area contributed by atoms with Crippen LogP contribution in [0.15, 0.2) is 9.27 Å². The molecule has 1 heterocycles. The van der Waals surface area contributed by atoms with Crippen molar-refractivity contribution in [1.82, 2.24) is 9.97 Å². The van der Waals surface area contributed by atoms with Gasteiger partial charge in [-0.1, -0.05) is 20.8 Å². The molecule has 0 aliphatic heterocycles. The molecule has 18 heavy (non-hydrogen) atoms. The minimum Gasteiger partial charge on any atom is -0.309 e. The Morgan fingerprint density at radius 2 is 2.00 bits per heavy atom. The summed E-state index contributed by atoms with van der Waals surface area (Å²) < 4.78 is 0.588. The Morgan fingerprint density at radius 1 is 1.39 bits per heavy atom. The fraction of sp³-hybridized carbons (Fsp3) is 0.714. The summed E-state index contributed by atoms with van der Waals surface area (Å²) in [6, 6.07) is 0. The number of halogens is 1. The monoisotopic (exact) mass is 312 g/mol. The number of hydrogen-bond donors (Lipinski definition) is 1. The van der Waals surface area contributed by atoms with Gasteiger partial charge in [0.25, 0.3) is 5.56 Å². The van der Waals surface area contributed by atoms with E-state index in [9.17, 15) is 4.79 Å². The van der Waals surface area contributed by atoms with E-state index in [1.165, 1.54) is 12.8 Å². The SMILES string of the molecule is CCc1nc(C2CCC(C)(C)CC2)[nH]c(=O)c1Br. The third-order valence-corrected chi connectivity index (χ3v) is 4.83. The normalized spacial score (nSPS) is 20.0. The van der Waals surface area contributed by atoms with Crippen molar-refractivity contribution < 1.29 is 0 Å². The number of hydrogen-bond acceptors (Lipinski definition) is 2. The molecule has 0 unspecified atom stereocenters. The van der Waals surface area contributed by atoms with Crippen molar-refractivity contribution in [1.29, 1.82) is 0 Å². The number of nitrogens with zero attached hydrogens (tertiary/aromatic N) is 1. The first-order chi connectivity index (χ1) is 8.43. The van der Waals surface area contributed by atoms with Crippen LogP contribution in [-0.2, 0) is 6.42 Å². The lowest BCUT2D eigenvalue weighted by Gasteiger charge is -2.33. The predicted octanol–water partition coefficient (Wildman–Crippen LogP) is 3.78. The molecule has 1 fully saturated rings. The second kappa shape index (κ2) is 5.16. The molecule has 100 valence electrons. The van der Waals surface area contributed by atoms with Crippen LogP contribution in [-0.4, -0.2) is 9.97 Å². The number of H-pyrrole nitrogens is 1. The van der Waals surface area contributed by atoms with Crippen molar-refractivity contribution in [3.05, 3.63) is 26.3 Å². The van der Waals surface area contributed by atoms with E-state index in [0.29, 0.717) is 15.8 Å². The minimum atomic E-state index is -0.0401.